The highest BCUT2D eigenvalue weighted by Gasteiger charge is 2.22. The van der Waals surface area contributed by atoms with E-state index in [1.807, 2.05) is 0 Å². The minimum absolute atomic E-state index is 0.101. The lowest BCUT2D eigenvalue weighted by atomic mass is 10.0. The smallest absolute Gasteiger partial charge is 0.407 e. The van der Waals surface area contributed by atoms with Gasteiger partial charge in [-0.25, -0.2) is 4.79 Å². The molecule has 21 heavy (non-hydrogen) atoms. The van der Waals surface area contributed by atoms with E-state index < -0.39 is 25.0 Å². The molecular weight excluding hydrogens is 266 g/mol. The Bertz CT molecular complexity index is 930. The minimum Gasteiger partial charge on any atom is -0.447 e. The number of likely N-dealkylation sites (N-methyl/N-ethyl adjacent to an activating group) is 1. The number of aromatic nitrogens is 1. The fourth-order valence-electron chi connectivity index (χ4n) is 2.14. The van der Waals surface area contributed by atoms with Crippen molar-refractivity contribution in [3.8, 4) is 0 Å². The number of hydrogen-bond donors (Lipinski definition) is 2. The number of amides is 1. The van der Waals surface area contributed by atoms with Crippen molar-refractivity contribution in [1.29, 1.82) is 0 Å². The van der Waals surface area contributed by atoms with E-state index in [2.05, 4.69) is 4.74 Å². The summed E-state index contributed by atoms with van der Waals surface area (Å²) in [5.74, 6) is 0. The normalized spacial score (nSPS) is 30.1. The summed E-state index contributed by atoms with van der Waals surface area (Å²) in [4.78, 5) is 14.3. The maximum Gasteiger partial charge on any atom is 0.407 e. The molecule has 3 rings (SSSR count). The van der Waals surface area contributed by atoms with Crippen molar-refractivity contribution >= 4 is 17.0 Å². The van der Waals surface area contributed by atoms with Crippen LogP contribution >= 0.6 is 0 Å². The largest absolute Gasteiger partial charge is 0.447 e. The fraction of sp³-hybridized carbons (Fsp3) is 0.438. The Morgan fingerprint density at radius 2 is 2.48 bits per heavy atom. The Hall–Kier alpha value is -2.01. The quantitative estimate of drug-likeness (QED) is 0.886. The zero-order chi connectivity index (χ0) is 21.1. The average Bonchev–Trinajstić information content (AvgIpc) is 2.95. The molecule has 5 heteroatoms. The number of hydrogen-bond acceptors (Lipinski definition) is 3. The number of aromatic amines is 1. The molecule has 5 nitrogen and oxygen atoms in total. The van der Waals surface area contributed by atoms with Crippen LogP contribution in [0.4, 0.5) is 4.79 Å². The highest BCUT2D eigenvalue weighted by molar-refractivity contribution is 5.84. The van der Waals surface area contributed by atoms with Gasteiger partial charge in [0.05, 0.1) is 10.1 Å². The van der Waals surface area contributed by atoms with Gasteiger partial charge in [-0.3, -0.25) is 0 Å². The number of benzene rings is 1. The number of carbonyl (C=O) groups excluding carboxylic acids is 1. The van der Waals surface area contributed by atoms with E-state index in [1.165, 1.54) is 6.20 Å². The molecule has 1 atom stereocenters. The second-order valence-electron chi connectivity index (χ2n) is 5.14. The van der Waals surface area contributed by atoms with E-state index in [1.54, 1.807) is 37.2 Å². The molecule has 0 aliphatic carbocycles. The number of nitrogens with zero attached hydrogens (tertiary/aromatic N) is 1. The van der Waals surface area contributed by atoms with Gasteiger partial charge in [0.1, 0.15) is 6.56 Å². The first-order valence-electron chi connectivity index (χ1n) is 9.98. The van der Waals surface area contributed by atoms with Crippen molar-refractivity contribution in [3.63, 3.8) is 0 Å². The lowest BCUT2D eigenvalue weighted by Crippen LogP contribution is -2.28. The third kappa shape index (κ3) is 3.19. The first-order chi connectivity index (χ1) is 12.8. The van der Waals surface area contributed by atoms with Crippen molar-refractivity contribution in [2.45, 2.75) is 18.8 Å². The average molecular weight is 294 g/mol. The Kier molecular flexibility index (Phi) is 2.16. The molecule has 2 N–H and O–H groups in total. The summed E-state index contributed by atoms with van der Waals surface area (Å²) in [6, 6.07) is 2.44. The summed E-state index contributed by atoms with van der Waals surface area (Å²) in [5, 5.41) is 0.643. The molecule has 0 spiro atoms. The molecule has 0 saturated carbocycles. The standard InChI is InChI=1S/C16H21N3O2/c1-19(2)6-5-12-9-17-15-4-3-11(8-14(12)15)7-13-10-21-16(20)18-13/h3-4,8-9,13,17H,5-7,10H2,1-2H3,(H,18,20)/t13-/m0/s1/i5D2,10D2,13D/hD2. The van der Waals surface area contributed by atoms with Gasteiger partial charge in [0.15, 0.2) is 2.82 Å². The first-order valence-corrected chi connectivity index (χ1v) is 6.59. The van der Waals surface area contributed by atoms with Crippen molar-refractivity contribution < 1.29 is 19.2 Å². The van der Waals surface area contributed by atoms with Crippen LogP contribution in [0.5, 0.6) is 0 Å². The number of nitrogens with one attached hydrogen (secondary N) is 2. The van der Waals surface area contributed by atoms with Crippen LogP contribution in [-0.2, 0) is 17.5 Å². The van der Waals surface area contributed by atoms with E-state index in [4.69, 9.17) is 9.68 Å². The summed E-state index contributed by atoms with van der Waals surface area (Å²) in [5.41, 5.74) is 1.19. The molecule has 1 aliphatic rings. The van der Waals surface area contributed by atoms with Crippen LogP contribution in [0.15, 0.2) is 24.4 Å². The molecule has 0 radical (unpaired) electrons. The maximum absolute atomic E-state index is 11.6. The van der Waals surface area contributed by atoms with Crippen LogP contribution in [0.2, 0.25) is 2.82 Å². The van der Waals surface area contributed by atoms with Gasteiger partial charge in [-0.05, 0) is 50.1 Å². The SMILES string of the molecule is [2H]N1C(=O)OC([2H])([2H])[C@]1([2H])Cc1ccc2c(c1)c(C([2H])([2H])CN(C)C)cn2[2H]. The number of fused-ring (bicyclic) bond motifs is 1. The number of carbonyl (C=O) groups is 1. The highest BCUT2D eigenvalue weighted by Crippen LogP contribution is 2.21. The summed E-state index contributed by atoms with van der Waals surface area (Å²) in [6.07, 6.45) is -1.91. The second-order valence-corrected chi connectivity index (χ2v) is 5.14. The van der Waals surface area contributed by atoms with Crippen LogP contribution in [-0.4, -0.2) is 49.2 Å². The fourth-order valence-corrected chi connectivity index (χ4v) is 2.14. The maximum atomic E-state index is 11.6. The van der Waals surface area contributed by atoms with Crippen LogP contribution in [0.3, 0.4) is 0 Å². The Labute approximate surface area is 134 Å². The summed E-state index contributed by atoms with van der Waals surface area (Å²) in [7, 11) is 3.49. The molecular formula is C16H21N3O2. The molecule has 1 aliphatic heterocycles. The van der Waals surface area contributed by atoms with Crippen LogP contribution in [0.1, 0.15) is 18.0 Å². The third-order valence-corrected chi connectivity index (χ3v) is 3.12. The molecule has 1 fully saturated rings. The van der Waals surface area contributed by atoms with Gasteiger partial charge in [0, 0.05) is 26.4 Å². The number of cyclic esters (lactones) is 1. The Morgan fingerprint density at radius 1 is 1.62 bits per heavy atom. The van der Waals surface area contributed by atoms with Crippen LogP contribution in [0.25, 0.3) is 10.9 Å². The van der Waals surface area contributed by atoms with Crippen LogP contribution in [0, 0.1) is 0 Å². The number of alkyl carbamates (subject to hydrolysis) is 1. The van der Waals surface area contributed by atoms with Crippen molar-refractivity contribution in [2.75, 3.05) is 27.2 Å². The van der Waals surface area contributed by atoms with Gasteiger partial charge in [-0.1, -0.05) is 6.07 Å². The predicted octanol–water partition coefficient (Wildman–Crippen LogP) is 1.92. The monoisotopic (exact) mass is 294 g/mol. The highest BCUT2D eigenvalue weighted by atomic mass is 16.6. The summed E-state index contributed by atoms with van der Waals surface area (Å²) in [6.45, 7) is -2.57. The van der Waals surface area contributed by atoms with Gasteiger partial charge >= 0.3 is 6.09 Å². The molecule has 1 aromatic carbocycles. The molecule has 2 aromatic rings. The third-order valence-electron chi connectivity index (χ3n) is 3.12. The van der Waals surface area contributed by atoms with E-state index in [0.29, 0.717) is 22.0 Å². The lowest BCUT2D eigenvalue weighted by molar-refractivity contribution is 0.177. The molecule has 1 saturated heterocycles. The van der Waals surface area contributed by atoms with E-state index in [0.717, 1.165) is 4.98 Å². The second kappa shape index (κ2) is 5.77. The van der Waals surface area contributed by atoms with Gasteiger partial charge in [0.25, 0.3) is 0 Å². The molecule has 0 bridgehead atoms. The Balaban J connectivity index is 2.05. The van der Waals surface area contributed by atoms with Gasteiger partial charge in [0.2, 0.25) is 0 Å². The minimum atomic E-state index is -2.68. The van der Waals surface area contributed by atoms with E-state index >= 15 is 0 Å². The van der Waals surface area contributed by atoms with Gasteiger partial charge < -0.3 is 19.9 Å². The predicted molar refractivity (Wildman–Crippen MR) is 82.5 cm³/mol. The zero-order valence-corrected chi connectivity index (χ0v) is 11.9. The summed E-state index contributed by atoms with van der Waals surface area (Å²) >= 11 is 0. The topological polar surface area (TPSA) is 57.4 Å². The lowest BCUT2D eigenvalue weighted by Gasteiger charge is -2.09. The van der Waals surface area contributed by atoms with E-state index in [9.17, 15) is 4.79 Å². The first kappa shape index (κ1) is 7.84. The Morgan fingerprint density at radius 3 is 3.19 bits per heavy atom. The number of ether oxygens (including phenoxy) is 1. The molecule has 1 amide bonds. The van der Waals surface area contributed by atoms with Crippen molar-refractivity contribution in [3.05, 3.63) is 35.5 Å². The van der Waals surface area contributed by atoms with Crippen molar-refractivity contribution in [1.82, 2.24) is 15.2 Å². The van der Waals surface area contributed by atoms with E-state index in [-0.39, 0.29) is 18.3 Å². The number of rotatable bonds is 5. The van der Waals surface area contributed by atoms with Gasteiger partial charge in [-0.15, -0.1) is 0 Å². The molecule has 0 unspecified atom stereocenters. The molecule has 112 valence electrons. The van der Waals surface area contributed by atoms with Crippen molar-refractivity contribution in [2.24, 2.45) is 0 Å². The number of H-pyrrole nitrogens is 1. The van der Waals surface area contributed by atoms with Crippen LogP contribution < -0.4 is 5.31 Å². The summed E-state index contributed by atoms with van der Waals surface area (Å²) < 4.78 is 61.0. The molecule has 1 aromatic heterocycles. The van der Waals surface area contributed by atoms with Gasteiger partial charge in [-0.2, -0.15) is 0 Å². The molecule has 2 heterocycles. The zero-order valence-electron chi connectivity index (χ0n) is 18.9.